The number of aromatic nitrogens is 4. The van der Waals surface area contributed by atoms with E-state index in [1.165, 1.54) is 30.0 Å². The molecular formula is C25H18N4O4S. The van der Waals surface area contributed by atoms with E-state index in [9.17, 15) is 14.7 Å². The third-order valence-electron chi connectivity index (χ3n) is 5.16. The first kappa shape index (κ1) is 21.6. The SMILES string of the molecule is O=C(O)c1ccc2c(=O)n(Cc3ccccc3)c(SCc3nnc(-c4ccccc4)o3)nc2c1. The molecule has 0 aliphatic heterocycles. The Balaban J connectivity index is 1.51. The molecule has 1 N–H and O–H groups in total. The highest BCUT2D eigenvalue weighted by Gasteiger charge is 2.16. The third-order valence-corrected chi connectivity index (χ3v) is 6.12. The Morgan fingerprint density at radius 2 is 1.71 bits per heavy atom. The lowest BCUT2D eigenvalue weighted by Crippen LogP contribution is -2.24. The van der Waals surface area contributed by atoms with Gasteiger partial charge in [0.15, 0.2) is 5.16 Å². The van der Waals surface area contributed by atoms with Gasteiger partial charge in [0, 0.05) is 5.56 Å². The number of thioether (sulfide) groups is 1. The Hall–Kier alpha value is -4.24. The van der Waals surface area contributed by atoms with E-state index in [-0.39, 0.29) is 11.1 Å². The summed E-state index contributed by atoms with van der Waals surface area (Å²) in [7, 11) is 0. The van der Waals surface area contributed by atoms with Crippen LogP contribution in [0.5, 0.6) is 0 Å². The van der Waals surface area contributed by atoms with Crippen LogP contribution in [0.1, 0.15) is 21.8 Å². The Bertz CT molecular complexity index is 1530. The molecule has 0 saturated heterocycles. The van der Waals surface area contributed by atoms with E-state index < -0.39 is 5.97 Å². The summed E-state index contributed by atoms with van der Waals surface area (Å²) < 4.78 is 7.36. The molecule has 9 heteroatoms. The summed E-state index contributed by atoms with van der Waals surface area (Å²) in [5.74, 6) is 0.0235. The molecule has 34 heavy (non-hydrogen) atoms. The predicted octanol–water partition coefficient (Wildman–Crippen LogP) is 4.49. The molecule has 0 radical (unpaired) electrons. The lowest BCUT2D eigenvalue weighted by molar-refractivity contribution is 0.0697. The molecule has 0 bridgehead atoms. The molecule has 5 aromatic rings. The van der Waals surface area contributed by atoms with Gasteiger partial charge >= 0.3 is 5.97 Å². The Kier molecular flexibility index (Phi) is 5.92. The summed E-state index contributed by atoms with van der Waals surface area (Å²) in [5.41, 5.74) is 1.91. The van der Waals surface area contributed by atoms with Gasteiger partial charge in [0.05, 0.1) is 28.8 Å². The van der Waals surface area contributed by atoms with Gasteiger partial charge in [-0.2, -0.15) is 0 Å². The van der Waals surface area contributed by atoms with Gasteiger partial charge in [-0.3, -0.25) is 9.36 Å². The number of fused-ring (bicyclic) bond motifs is 1. The van der Waals surface area contributed by atoms with Crippen LogP contribution in [0.15, 0.2) is 93.2 Å². The van der Waals surface area contributed by atoms with Crippen LogP contribution in [0.25, 0.3) is 22.4 Å². The standard InChI is InChI=1S/C25H18N4O4S/c30-23-19-12-11-18(24(31)32)13-20(19)26-25(29(23)14-16-7-3-1-4-8-16)34-15-21-27-28-22(33-21)17-9-5-2-6-10-17/h1-13H,14-15H2,(H,31,32). The molecule has 8 nitrogen and oxygen atoms in total. The molecule has 0 amide bonds. The first-order chi connectivity index (χ1) is 16.6. The highest BCUT2D eigenvalue weighted by molar-refractivity contribution is 7.98. The number of rotatable bonds is 7. The lowest BCUT2D eigenvalue weighted by atomic mass is 10.1. The van der Waals surface area contributed by atoms with Gasteiger partial charge in [0.25, 0.3) is 5.56 Å². The van der Waals surface area contributed by atoms with Crippen molar-refractivity contribution in [3.63, 3.8) is 0 Å². The van der Waals surface area contributed by atoms with Crippen LogP contribution in [0, 0.1) is 0 Å². The second-order valence-corrected chi connectivity index (χ2v) is 8.41. The van der Waals surface area contributed by atoms with E-state index in [0.29, 0.717) is 40.1 Å². The molecular weight excluding hydrogens is 452 g/mol. The van der Waals surface area contributed by atoms with Crippen LogP contribution in [0.3, 0.4) is 0 Å². The number of benzene rings is 3. The summed E-state index contributed by atoms with van der Waals surface area (Å²) in [6.45, 7) is 0.324. The molecule has 2 heterocycles. The van der Waals surface area contributed by atoms with Crippen LogP contribution in [-0.4, -0.2) is 30.8 Å². The maximum atomic E-state index is 13.3. The molecule has 0 aliphatic rings. The molecule has 0 spiro atoms. The number of hydrogen-bond donors (Lipinski definition) is 1. The van der Waals surface area contributed by atoms with Crippen molar-refractivity contribution >= 4 is 28.6 Å². The molecule has 0 atom stereocenters. The highest BCUT2D eigenvalue weighted by atomic mass is 32.2. The van der Waals surface area contributed by atoms with E-state index in [1.54, 1.807) is 4.57 Å². The van der Waals surface area contributed by atoms with Crippen molar-refractivity contribution in [2.75, 3.05) is 0 Å². The highest BCUT2D eigenvalue weighted by Crippen LogP contribution is 2.25. The maximum Gasteiger partial charge on any atom is 0.335 e. The zero-order chi connectivity index (χ0) is 23.5. The van der Waals surface area contributed by atoms with Gasteiger partial charge < -0.3 is 9.52 Å². The lowest BCUT2D eigenvalue weighted by Gasteiger charge is -2.13. The molecule has 0 saturated carbocycles. The van der Waals surface area contributed by atoms with Crippen molar-refractivity contribution in [3.05, 3.63) is 106 Å². The average Bonchev–Trinajstić information content (AvgIpc) is 3.35. The number of aromatic carboxylic acids is 1. The fraction of sp³-hybridized carbons (Fsp3) is 0.0800. The number of carboxylic acids is 1. The average molecular weight is 471 g/mol. The topological polar surface area (TPSA) is 111 Å². The third kappa shape index (κ3) is 4.46. The number of nitrogens with zero attached hydrogens (tertiary/aromatic N) is 4. The van der Waals surface area contributed by atoms with Crippen LogP contribution < -0.4 is 5.56 Å². The van der Waals surface area contributed by atoms with Crippen LogP contribution >= 0.6 is 11.8 Å². The zero-order valence-electron chi connectivity index (χ0n) is 17.8. The second-order valence-electron chi connectivity index (χ2n) is 7.46. The fourth-order valence-corrected chi connectivity index (χ4v) is 4.32. The van der Waals surface area contributed by atoms with Crippen LogP contribution in [0.4, 0.5) is 0 Å². The number of hydrogen-bond acceptors (Lipinski definition) is 7. The fourth-order valence-electron chi connectivity index (χ4n) is 3.48. The molecule has 3 aromatic carbocycles. The minimum atomic E-state index is -1.08. The molecule has 168 valence electrons. The predicted molar refractivity (Wildman–Crippen MR) is 128 cm³/mol. The Labute approximate surface area is 197 Å². The van der Waals surface area contributed by atoms with Gasteiger partial charge in [0.2, 0.25) is 11.8 Å². The first-order valence-electron chi connectivity index (χ1n) is 10.4. The van der Waals surface area contributed by atoms with Crippen LogP contribution in [-0.2, 0) is 12.3 Å². The van der Waals surface area contributed by atoms with Crippen molar-refractivity contribution in [2.45, 2.75) is 17.5 Å². The molecule has 2 aromatic heterocycles. The van der Waals surface area contributed by atoms with E-state index in [1.807, 2.05) is 60.7 Å². The van der Waals surface area contributed by atoms with Gasteiger partial charge in [-0.15, -0.1) is 10.2 Å². The largest absolute Gasteiger partial charge is 0.478 e. The van der Waals surface area contributed by atoms with Crippen molar-refractivity contribution in [1.29, 1.82) is 0 Å². The minimum absolute atomic E-state index is 0.0700. The van der Waals surface area contributed by atoms with Gasteiger partial charge in [0.1, 0.15) is 0 Å². The van der Waals surface area contributed by atoms with Crippen molar-refractivity contribution < 1.29 is 14.3 Å². The second kappa shape index (κ2) is 9.32. The van der Waals surface area contributed by atoms with Crippen molar-refractivity contribution in [3.8, 4) is 11.5 Å². The van der Waals surface area contributed by atoms with Crippen LogP contribution in [0.2, 0.25) is 0 Å². The molecule has 5 rings (SSSR count). The van der Waals surface area contributed by atoms with Gasteiger partial charge in [-0.1, -0.05) is 60.3 Å². The van der Waals surface area contributed by atoms with E-state index in [4.69, 9.17) is 4.42 Å². The summed E-state index contributed by atoms with van der Waals surface area (Å²) in [6.07, 6.45) is 0. The Morgan fingerprint density at radius 3 is 2.44 bits per heavy atom. The smallest absolute Gasteiger partial charge is 0.335 e. The first-order valence-corrected chi connectivity index (χ1v) is 11.4. The number of carboxylic acid groups (broad SMARTS) is 1. The summed E-state index contributed by atoms with van der Waals surface area (Å²) in [6, 6.07) is 23.4. The quantitative estimate of drug-likeness (QED) is 0.274. The molecule has 0 unspecified atom stereocenters. The van der Waals surface area contributed by atoms with Gasteiger partial charge in [-0.25, -0.2) is 9.78 Å². The number of carbonyl (C=O) groups is 1. The minimum Gasteiger partial charge on any atom is -0.478 e. The Morgan fingerprint density at radius 1 is 0.971 bits per heavy atom. The molecule has 0 fully saturated rings. The maximum absolute atomic E-state index is 13.3. The van der Waals surface area contributed by atoms with Gasteiger partial charge in [-0.05, 0) is 35.9 Å². The summed E-state index contributed by atoms with van der Waals surface area (Å²) in [5, 5.41) is 18.3. The molecule has 0 aliphatic carbocycles. The zero-order valence-corrected chi connectivity index (χ0v) is 18.6. The summed E-state index contributed by atoms with van der Waals surface area (Å²) in [4.78, 5) is 29.4. The monoisotopic (exact) mass is 470 g/mol. The van der Waals surface area contributed by atoms with Crippen molar-refractivity contribution in [1.82, 2.24) is 19.7 Å². The summed E-state index contributed by atoms with van der Waals surface area (Å²) >= 11 is 1.28. The van der Waals surface area contributed by atoms with E-state index in [2.05, 4.69) is 15.2 Å². The van der Waals surface area contributed by atoms with Crippen molar-refractivity contribution in [2.24, 2.45) is 0 Å². The van der Waals surface area contributed by atoms with E-state index >= 15 is 0 Å². The normalized spacial score (nSPS) is 11.1. The van der Waals surface area contributed by atoms with E-state index in [0.717, 1.165) is 11.1 Å².